The van der Waals surface area contributed by atoms with E-state index < -0.39 is 17.4 Å². The van der Waals surface area contributed by atoms with E-state index in [1.165, 1.54) is 16.7 Å². The molecule has 4 rings (SSSR count). The number of hydrogen-bond acceptors (Lipinski definition) is 8. The summed E-state index contributed by atoms with van der Waals surface area (Å²) in [6.45, 7) is 1.72. The molecule has 1 atom stereocenters. The molecule has 2 aromatic heterocycles. The van der Waals surface area contributed by atoms with Crippen LogP contribution in [0.25, 0.3) is 16.6 Å². The SMILES string of the molecule is C[C@H](Nc1nc(N)nc(N)c1C#N)c1nc2cccc(F)c2c(=O)n1-c1ccccc1. The van der Waals surface area contributed by atoms with E-state index in [1.54, 1.807) is 43.3 Å². The highest BCUT2D eigenvalue weighted by Gasteiger charge is 2.22. The Morgan fingerprint density at radius 3 is 2.55 bits per heavy atom. The third-order valence-electron chi connectivity index (χ3n) is 4.69. The molecule has 0 aliphatic rings. The Kier molecular flexibility index (Phi) is 4.92. The maximum Gasteiger partial charge on any atom is 0.269 e. The number of nitrogen functional groups attached to an aromatic ring is 2. The molecule has 31 heavy (non-hydrogen) atoms. The molecule has 0 unspecified atom stereocenters. The number of nitriles is 1. The summed E-state index contributed by atoms with van der Waals surface area (Å²) in [6, 6.07) is 14.3. The second-order valence-electron chi connectivity index (χ2n) is 6.75. The van der Waals surface area contributed by atoms with Gasteiger partial charge in [-0.05, 0) is 31.2 Å². The second kappa shape index (κ2) is 7.72. The fourth-order valence-electron chi connectivity index (χ4n) is 3.30. The molecular formula is C21H17FN8O. The highest BCUT2D eigenvalue weighted by atomic mass is 19.1. The summed E-state index contributed by atoms with van der Waals surface area (Å²) < 4.78 is 15.8. The number of nitrogens with two attached hydrogens (primary N) is 2. The van der Waals surface area contributed by atoms with Crippen molar-refractivity contribution in [3.63, 3.8) is 0 Å². The van der Waals surface area contributed by atoms with E-state index in [2.05, 4.69) is 20.3 Å². The molecule has 0 aliphatic heterocycles. The fraction of sp³-hybridized carbons (Fsp3) is 0.0952. The van der Waals surface area contributed by atoms with Crippen LogP contribution >= 0.6 is 0 Å². The zero-order valence-corrected chi connectivity index (χ0v) is 16.4. The Hall–Kier alpha value is -4.52. The van der Waals surface area contributed by atoms with Crippen molar-refractivity contribution in [2.45, 2.75) is 13.0 Å². The topological polar surface area (TPSA) is 149 Å². The standard InChI is InChI=1S/C21H17FN8O/c1-11(26-18-13(10-23)17(24)28-21(25)29-18)19-27-15-9-5-8-14(22)16(15)20(31)30(19)12-6-3-2-4-7-12/h2-9,11H,1H3,(H5,24,25,26,28,29)/t11-/m0/s1. The summed E-state index contributed by atoms with van der Waals surface area (Å²) in [5.41, 5.74) is 11.6. The molecule has 0 bridgehead atoms. The van der Waals surface area contributed by atoms with E-state index >= 15 is 0 Å². The highest BCUT2D eigenvalue weighted by Crippen LogP contribution is 2.25. The van der Waals surface area contributed by atoms with Gasteiger partial charge in [-0.1, -0.05) is 24.3 Å². The number of halogens is 1. The van der Waals surface area contributed by atoms with Crippen molar-refractivity contribution < 1.29 is 4.39 Å². The molecule has 0 radical (unpaired) electrons. The van der Waals surface area contributed by atoms with Crippen LogP contribution in [0, 0.1) is 17.1 Å². The number of para-hydroxylation sites is 1. The minimum Gasteiger partial charge on any atom is -0.382 e. The Morgan fingerprint density at radius 1 is 1.10 bits per heavy atom. The van der Waals surface area contributed by atoms with Crippen LogP contribution in [0.15, 0.2) is 53.3 Å². The number of hydrogen-bond donors (Lipinski definition) is 3. The van der Waals surface area contributed by atoms with Gasteiger partial charge in [0.25, 0.3) is 5.56 Å². The van der Waals surface area contributed by atoms with Gasteiger partial charge < -0.3 is 16.8 Å². The lowest BCUT2D eigenvalue weighted by Gasteiger charge is -2.21. The van der Waals surface area contributed by atoms with Crippen LogP contribution in [0.5, 0.6) is 0 Å². The van der Waals surface area contributed by atoms with E-state index in [-0.39, 0.29) is 39.9 Å². The maximum absolute atomic E-state index is 14.5. The molecule has 0 amide bonds. The Morgan fingerprint density at radius 2 is 1.84 bits per heavy atom. The number of nitrogens with one attached hydrogen (secondary N) is 1. The summed E-state index contributed by atoms with van der Waals surface area (Å²) in [4.78, 5) is 25.7. The molecule has 4 aromatic rings. The van der Waals surface area contributed by atoms with Gasteiger partial charge in [0.2, 0.25) is 5.95 Å². The van der Waals surface area contributed by atoms with E-state index in [4.69, 9.17) is 11.5 Å². The first kappa shape index (κ1) is 19.8. The van der Waals surface area contributed by atoms with Crippen LogP contribution in [0.1, 0.15) is 24.4 Å². The maximum atomic E-state index is 14.5. The van der Waals surface area contributed by atoms with Crippen molar-refractivity contribution in [2.24, 2.45) is 0 Å². The summed E-state index contributed by atoms with van der Waals surface area (Å²) in [5.74, 6) is -0.448. The molecule has 0 spiro atoms. The van der Waals surface area contributed by atoms with Gasteiger partial charge in [0, 0.05) is 0 Å². The largest absolute Gasteiger partial charge is 0.382 e. The van der Waals surface area contributed by atoms with Gasteiger partial charge in [-0.2, -0.15) is 15.2 Å². The number of rotatable bonds is 4. The molecular weight excluding hydrogens is 399 g/mol. The van der Waals surface area contributed by atoms with Gasteiger partial charge in [0.05, 0.1) is 17.2 Å². The van der Waals surface area contributed by atoms with Gasteiger partial charge >= 0.3 is 0 Å². The van der Waals surface area contributed by atoms with Crippen molar-refractivity contribution in [1.29, 1.82) is 5.26 Å². The summed E-state index contributed by atoms with van der Waals surface area (Å²) in [7, 11) is 0. The van der Waals surface area contributed by atoms with E-state index in [0.29, 0.717) is 5.69 Å². The molecule has 0 aliphatic carbocycles. The molecule has 0 saturated carbocycles. The van der Waals surface area contributed by atoms with Gasteiger partial charge in [-0.3, -0.25) is 9.36 Å². The Balaban J connectivity index is 1.94. The average Bonchev–Trinajstić information content (AvgIpc) is 2.74. The predicted molar refractivity (Wildman–Crippen MR) is 115 cm³/mol. The van der Waals surface area contributed by atoms with E-state index in [1.807, 2.05) is 6.07 Å². The number of benzene rings is 2. The molecule has 10 heteroatoms. The van der Waals surface area contributed by atoms with Crippen molar-refractivity contribution in [2.75, 3.05) is 16.8 Å². The van der Waals surface area contributed by atoms with Crippen LogP contribution in [-0.4, -0.2) is 19.5 Å². The highest BCUT2D eigenvalue weighted by molar-refractivity contribution is 5.78. The monoisotopic (exact) mass is 416 g/mol. The minimum absolute atomic E-state index is 0.0153. The van der Waals surface area contributed by atoms with Crippen LogP contribution in [0.2, 0.25) is 0 Å². The number of anilines is 3. The van der Waals surface area contributed by atoms with Crippen LogP contribution < -0.4 is 22.3 Å². The van der Waals surface area contributed by atoms with E-state index in [9.17, 15) is 14.4 Å². The smallest absolute Gasteiger partial charge is 0.269 e. The molecule has 9 nitrogen and oxygen atoms in total. The van der Waals surface area contributed by atoms with Crippen molar-refractivity contribution in [1.82, 2.24) is 19.5 Å². The molecule has 2 heterocycles. The van der Waals surface area contributed by atoms with Crippen molar-refractivity contribution in [3.05, 3.63) is 76.1 Å². The lowest BCUT2D eigenvalue weighted by atomic mass is 10.2. The normalized spacial score (nSPS) is 11.8. The summed E-state index contributed by atoms with van der Waals surface area (Å²) >= 11 is 0. The van der Waals surface area contributed by atoms with Gasteiger partial charge in [-0.25, -0.2) is 9.37 Å². The first-order chi connectivity index (χ1) is 14.9. The Labute approximate surface area is 175 Å². The van der Waals surface area contributed by atoms with Gasteiger partial charge in [-0.15, -0.1) is 0 Å². The van der Waals surface area contributed by atoms with Gasteiger partial charge in [0.1, 0.15) is 34.5 Å². The first-order valence-electron chi connectivity index (χ1n) is 9.27. The lowest BCUT2D eigenvalue weighted by molar-refractivity contribution is 0.635. The molecule has 5 N–H and O–H groups in total. The molecule has 2 aromatic carbocycles. The van der Waals surface area contributed by atoms with E-state index in [0.717, 1.165) is 0 Å². The number of fused-ring (bicyclic) bond motifs is 1. The van der Waals surface area contributed by atoms with Crippen LogP contribution in [0.3, 0.4) is 0 Å². The quantitative estimate of drug-likeness (QED) is 0.459. The van der Waals surface area contributed by atoms with Crippen LogP contribution in [-0.2, 0) is 0 Å². The number of aromatic nitrogens is 4. The minimum atomic E-state index is -0.657. The van der Waals surface area contributed by atoms with Crippen LogP contribution in [0.4, 0.5) is 22.0 Å². The molecule has 0 saturated heterocycles. The summed E-state index contributed by atoms with van der Waals surface area (Å²) in [6.07, 6.45) is 0. The van der Waals surface area contributed by atoms with Crippen molar-refractivity contribution in [3.8, 4) is 11.8 Å². The lowest BCUT2D eigenvalue weighted by Crippen LogP contribution is -2.28. The van der Waals surface area contributed by atoms with Gasteiger partial charge in [0.15, 0.2) is 5.82 Å². The zero-order valence-electron chi connectivity index (χ0n) is 16.4. The fourth-order valence-corrected chi connectivity index (χ4v) is 3.30. The predicted octanol–water partition coefficient (Wildman–Crippen LogP) is 2.52. The molecule has 0 fully saturated rings. The Bertz CT molecular complexity index is 1390. The number of nitrogens with zero attached hydrogens (tertiary/aromatic N) is 5. The van der Waals surface area contributed by atoms with Crippen molar-refractivity contribution >= 4 is 28.5 Å². The second-order valence-corrected chi connectivity index (χ2v) is 6.75. The summed E-state index contributed by atoms with van der Waals surface area (Å²) in [5, 5.41) is 12.3. The average molecular weight is 416 g/mol. The molecule has 154 valence electrons. The third kappa shape index (κ3) is 3.49. The third-order valence-corrected chi connectivity index (χ3v) is 4.69. The zero-order chi connectivity index (χ0) is 22.1. The first-order valence-corrected chi connectivity index (χ1v) is 9.27.